The Kier molecular flexibility index (Phi) is 4.84. The van der Waals surface area contributed by atoms with Crippen molar-refractivity contribution >= 4 is 50.3 Å². The minimum atomic E-state index is -3.19. The van der Waals surface area contributed by atoms with Gasteiger partial charge in [0.05, 0.1) is 21.5 Å². The summed E-state index contributed by atoms with van der Waals surface area (Å²) in [7, 11) is -3.19. The van der Waals surface area contributed by atoms with E-state index in [0.29, 0.717) is 5.69 Å². The van der Waals surface area contributed by atoms with Crippen molar-refractivity contribution in [3.63, 3.8) is 0 Å². The lowest BCUT2D eigenvalue weighted by molar-refractivity contribution is -0.115. The Morgan fingerprint density at radius 2 is 1.83 bits per heavy atom. The third kappa shape index (κ3) is 4.72. The van der Waals surface area contributed by atoms with Crippen LogP contribution in [0.1, 0.15) is 6.42 Å². The summed E-state index contributed by atoms with van der Waals surface area (Å²) in [6, 6.07) is 2.89. The predicted octanol–water partition coefficient (Wildman–Crippen LogP) is 1.95. The number of sulfone groups is 1. The Labute approximate surface area is 115 Å². The van der Waals surface area contributed by atoms with Gasteiger partial charge >= 0.3 is 0 Å². The fourth-order valence-electron chi connectivity index (χ4n) is 1.19. The normalized spacial score (nSPS) is 11.3. The van der Waals surface area contributed by atoms with E-state index in [9.17, 15) is 13.2 Å². The smallest absolute Gasteiger partial charge is 0.225 e. The number of nitrogen functional groups attached to an aromatic ring is 1. The highest BCUT2D eigenvalue weighted by Gasteiger charge is 2.13. The molecule has 0 aliphatic heterocycles. The number of anilines is 2. The quantitative estimate of drug-likeness (QED) is 0.832. The maximum atomic E-state index is 11.5. The van der Waals surface area contributed by atoms with Crippen LogP contribution in [0.2, 0.25) is 10.0 Å². The number of carbonyl (C=O) groups is 1. The molecule has 5 nitrogen and oxygen atoms in total. The molecule has 0 aromatic heterocycles. The second kappa shape index (κ2) is 5.77. The molecule has 1 rings (SSSR count). The number of hydrogen-bond donors (Lipinski definition) is 2. The van der Waals surface area contributed by atoms with Gasteiger partial charge in [-0.1, -0.05) is 23.2 Å². The summed E-state index contributed by atoms with van der Waals surface area (Å²) in [6.45, 7) is 0. The van der Waals surface area contributed by atoms with E-state index in [0.717, 1.165) is 6.26 Å². The van der Waals surface area contributed by atoms with Crippen molar-refractivity contribution in [2.75, 3.05) is 23.1 Å². The first-order valence-corrected chi connectivity index (χ1v) is 7.73. The number of carbonyl (C=O) groups excluding carboxylic acids is 1. The number of halogens is 2. The van der Waals surface area contributed by atoms with Gasteiger partial charge in [-0.05, 0) is 12.1 Å². The van der Waals surface area contributed by atoms with Gasteiger partial charge < -0.3 is 11.1 Å². The number of benzene rings is 1. The maximum Gasteiger partial charge on any atom is 0.225 e. The summed E-state index contributed by atoms with van der Waals surface area (Å²) in [4.78, 5) is 11.5. The van der Waals surface area contributed by atoms with E-state index < -0.39 is 15.7 Å². The maximum absolute atomic E-state index is 11.5. The van der Waals surface area contributed by atoms with Crippen molar-refractivity contribution < 1.29 is 13.2 Å². The molecule has 1 aromatic rings. The van der Waals surface area contributed by atoms with Gasteiger partial charge in [-0.3, -0.25) is 4.79 Å². The molecule has 18 heavy (non-hydrogen) atoms. The fourth-order valence-corrected chi connectivity index (χ4v) is 2.35. The summed E-state index contributed by atoms with van der Waals surface area (Å²) < 4.78 is 21.8. The standard InChI is InChI=1S/C10H12Cl2N2O3S/c1-18(16,17)3-2-9(15)14-10-7(11)4-6(13)5-8(10)12/h4-5H,2-3,13H2,1H3,(H,14,15). The first-order chi connectivity index (χ1) is 8.19. The molecule has 0 saturated carbocycles. The second-order valence-corrected chi connectivity index (χ2v) is 6.86. The van der Waals surface area contributed by atoms with Crippen LogP contribution in [0.5, 0.6) is 0 Å². The van der Waals surface area contributed by atoms with Crippen LogP contribution in [0.15, 0.2) is 12.1 Å². The van der Waals surface area contributed by atoms with Gasteiger partial charge in [-0.2, -0.15) is 0 Å². The molecule has 0 radical (unpaired) electrons. The van der Waals surface area contributed by atoms with Gasteiger partial charge in [-0.25, -0.2) is 8.42 Å². The van der Waals surface area contributed by atoms with E-state index in [1.54, 1.807) is 0 Å². The molecule has 0 bridgehead atoms. The third-order valence-electron chi connectivity index (χ3n) is 2.03. The Balaban J connectivity index is 2.77. The molecule has 100 valence electrons. The van der Waals surface area contributed by atoms with Gasteiger partial charge in [0.15, 0.2) is 0 Å². The lowest BCUT2D eigenvalue weighted by Crippen LogP contribution is -2.17. The second-order valence-electron chi connectivity index (χ2n) is 3.79. The molecule has 1 aromatic carbocycles. The number of hydrogen-bond acceptors (Lipinski definition) is 4. The molecule has 0 saturated heterocycles. The van der Waals surface area contributed by atoms with Crippen molar-refractivity contribution in [3.05, 3.63) is 22.2 Å². The van der Waals surface area contributed by atoms with Gasteiger partial charge in [0.25, 0.3) is 0 Å². The van der Waals surface area contributed by atoms with Crippen LogP contribution >= 0.6 is 23.2 Å². The van der Waals surface area contributed by atoms with Crippen LogP contribution in [0.3, 0.4) is 0 Å². The molecular weight excluding hydrogens is 299 g/mol. The van der Waals surface area contributed by atoms with Gasteiger partial charge in [0.1, 0.15) is 9.84 Å². The van der Waals surface area contributed by atoms with Gasteiger partial charge in [-0.15, -0.1) is 0 Å². The Morgan fingerprint density at radius 1 is 1.33 bits per heavy atom. The van der Waals surface area contributed by atoms with Crippen molar-refractivity contribution in [2.24, 2.45) is 0 Å². The van der Waals surface area contributed by atoms with E-state index in [4.69, 9.17) is 28.9 Å². The number of rotatable bonds is 4. The summed E-state index contributed by atoms with van der Waals surface area (Å²) >= 11 is 11.7. The van der Waals surface area contributed by atoms with E-state index >= 15 is 0 Å². The molecule has 0 unspecified atom stereocenters. The average Bonchev–Trinajstić information content (AvgIpc) is 2.19. The van der Waals surface area contributed by atoms with E-state index in [1.165, 1.54) is 12.1 Å². The molecule has 8 heteroatoms. The van der Waals surface area contributed by atoms with Gasteiger partial charge in [0.2, 0.25) is 5.91 Å². The van der Waals surface area contributed by atoms with E-state index in [2.05, 4.69) is 5.32 Å². The molecule has 0 atom stereocenters. The molecule has 0 aliphatic carbocycles. The molecule has 0 aliphatic rings. The monoisotopic (exact) mass is 310 g/mol. The zero-order chi connectivity index (χ0) is 13.9. The van der Waals surface area contributed by atoms with Crippen molar-refractivity contribution in [1.82, 2.24) is 0 Å². The summed E-state index contributed by atoms with van der Waals surface area (Å²) in [5.41, 5.74) is 6.12. The lowest BCUT2D eigenvalue weighted by atomic mass is 10.2. The van der Waals surface area contributed by atoms with Gasteiger partial charge in [0, 0.05) is 18.4 Å². The summed E-state index contributed by atoms with van der Waals surface area (Å²) in [5.74, 6) is -0.711. The minimum absolute atomic E-state index is 0.157. The van der Waals surface area contributed by atoms with Crippen LogP contribution in [0, 0.1) is 0 Å². The largest absolute Gasteiger partial charge is 0.399 e. The highest BCUT2D eigenvalue weighted by Crippen LogP contribution is 2.32. The van der Waals surface area contributed by atoms with Crippen LogP contribution in [-0.2, 0) is 14.6 Å². The highest BCUT2D eigenvalue weighted by molar-refractivity contribution is 7.90. The van der Waals surface area contributed by atoms with Crippen LogP contribution in [0.25, 0.3) is 0 Å². The molecule has 0 fully saturated rings. The third-order valence-corrected chi connectivity index (χ3v) is 3.57. The topological polar surface area (TPSA) is 89.3 Å². The Morgan fingerprint density at radius 3 is 2.28 bits per heavy atom. The van der Waals surface area contributed by atoms with E-state index in [-0.39, 0.29) is 27.9 Å². The lowest BCUT2D eigenvalue weighted by Gasteiger charge is -2.09. The molecule has 1 amide bonds. The molecule has 3 N–H and O–H groups in total. The number of nitrogens with one attached hydrogen (secondary N) is 1. The van der Waals surface area contributed by atoms with Crippen molar-refractivity contribution in [3.8, 4) is 0 Å². The van der Waals surface area contributed by atoms with Crippen LogP contribution < -0.4 is 11.1 Å². The van der Waals surface area contributed by atoms with E-state index in [1.807, 2.05) is 0 Å². The predicted molar refractivity (Wildman–Crippen MR) is 73.8 cm³/mol. The Bertz CT molecular complexity index is 549. The van der Waals surface area contributed by atoms with Crippen LogP contribution in [-0.4, -0.2) is 26.3 Å². The zero-order valence-electron chi connectivity index (χ0n) is 9.54. The van der Waals surface area contributed by atoms with Crippen LogP contribution in [0.4, 0.5) is 11.4 Å². The first kappa shape index (κ1) is 15.1. The summed E-state index contributed by atoms with van der Waals surface area (Å²) in [6.07, 6.45) is 0.902. The first-order valence-electron chi connectivity index (χ1n) is 4.91. The van der Waals surface area contributed by atoms with Crippen molar-refractivity contribution in [1.29, 1.82) is 0 Å². The number of amides is 1. The SMILES string of the molecule is CS(=O)(=O)CCC(=O)Nc1c(Cl)cc(N)cc1Cl. The summed E-state index contributed by atoms with van der Waals surface area (Å²) in [5, 5.41) is 2.86. The fraction of sp³-hybridized carbons (Fsp3) is 0.300. The zero-order valence-corrected chi connectivity index (χ0v) is 11.9. The average molecular weight is 311 g/mol. The Hall–Kier alpha value is -0.980. The van der Waals surface area contributed by atoms with Crippen molar-refractivity contribution in [2.45, 2.75) is 6.42 Å². The molecule has 0 heterocycles. The number of nitrogens with two attached hydrogens (primary N) is 1. The minimum Gasteiger partial charge on any atom is -0.399 e. The molecular formula is C10H12Cl2N2O3S. The molecule has 0 spiro atoms. The highest BCUT2D eigenvalue weighted by atomic mass is 35.5.